The maximum absolute atomic E-state index is 12.0. The third-order valence-electron chi connectivity index (χ3n) is 2.17. The molecule has 0 spiro atoms. The molecule has 18 heavy (non-hydrogen) atoms. The number of nitrogens with one attached hydrogen (secondary N) is 1. The summed E-state index contributed by atoms with van der Waals surface area (Å²) < 4.78 is 26.7. The SMILES string of the molecule is CCc1nc(NS(=O)(=O)c2cnc(Cl)s2)sc1C. The third-order valence-corrected chi connectivity index (χ3v) is 6.14. The van der Waals surface area contributed by atoms with Gasteiger partial charge >= 0.3 is 0 Å². The maximum Gasteiger partial charge on any atom is 0.274 e. The van der Waals surface area contributed by atoms with E-state index < -0.39 is 10.0 Å². The molecule has 0 saturated heterocycles. The summed E-state index contributed by atoms with van der Waals surface area (Å²) in [6.45, 7) is 3.89. The van der Waals surface area contributed by atoms with E-state index in [-0.39, 0.29) is 8.68 Å². The van der Waals surface area contributed by atoms with Crippen molar-refractivity contribution in [3.05, 3.63) is 21.2 Å². The quantitative estimate of drug-likeness (QED) is 0.939. The van der Waals surface area contributed by atoms with Crippen molar-refractivity contribution < 1.29 is 8.42 Å². The molecule has 0 atom stereocenters. The van der Waals surface area contributed by atoms with E-state index in [0.717, 1.165) is 28.3 Å². The lowest BCUT2D eigenvalue weighted by Gasteiger charge is -2.00. The monoisotopic (exact) mass is 323 g/mol. The summed E-state index contributed by atoms with van der Waals surface area (Å²) in [6, 6.07) is 0. The highest BCUT2D eigenvalue weighted by atomic mass is 35.5. The third kappa shape index (κ3) is 2.82. The molecule has 0 fully saturated rings. The fourth-order valence-corrected chi connectivity index (χ4v) is 4.76. The second kappa shape index (κ2) is 5.12. The highest BCUT2D eigenvalue weighted by Gasteiger charge is 2.19. The normalized spacial score (nSPS) is 11.7. The Kier molecular flexibility index (Phi) is 3.90. The van der Waals surface area contributed by atoms with Gasteiger partial charge in [0, 0.05) is 4.88 Å². The number of halogens is 1. The van der Waals surface area contributed by atoms with Crippen molar-refractivity contribution in [2.75, 3.05) is 4.72 Å². The Bertz CT molecular complexity index is 662. The fourth-order valence-electron chi connectivity index (χ4n) is 1.33. The molecule has 98 valence electrons. The van der Waals surface area contributed by atoms with E-state index in [1.807, 2.05) is 13.8 Å². The maximum atomic E-state index is 12.0. The van der Waals surface area contributed by atoms with Gasteiger partial charge in [-0.1, -0.05) is 29.9 Å². The highest BCUT2D eigenvalue weighted by Crippen LogP contribution is 2.27. The Labute approximate surface area is 118 Å². The van der Waals surface area contributed by atoms with Gasteiger partial charge in [0.1, 0.15) is 0 Å². The van der Waals surface area contributed by atoms with Crippen LogP contribution in [0.25, 0.3) is 0 Å². The van der Waals surface area contributed by atoms with Crippen LogP contribution in [-0.4, -0.2) is 18.4 Å². The van der Waals surface area contributed by atoms with Crippen LogP contribution in [0.3, 0.4) is 0 Å². The smallest absolute Gasteiger partial charge is 0.254 e. The first-order valence-electron chi connectivity index (χ1n) is 5.03. The summed E-state index contributed by atoms with van der Waals surface area (Å²) in [6.07, 6.45) is 2.01. The molecule has 2 heterocycles. The number of rotatable bonds is 4. The molecule has 0 bridgehead atoms. The summed E-state index contributed by atoms with van der Waals surface area (Å²) in [5.74, 6) is 0. The van der Waals surface area contributed by atoms with Crippen LogP contribution in [0.1, 0.15) is 17.5 Å². The zero-order chi connectivity index (χ0) is 13.3. The van der Waals surface area contributed by atoms with E-state index in [0.29, 0.717) is 5.13 Å². The Hall–Kier alpha value is -0.700. The number of hydrogen-bond acceptors (Lipinski definition) is 6. The lowest BCUT2D eigenvalue weighted by atomic mass is 10.3. The van der Waals surface area contributed by atoms with Crippen LogP contribution in [0.5, 0.6) is 0 Å². The second-order valence-electron chi connectivity index (χ2n) is 3.41. The Morgan fingerprint density at radius 2 is 2.17 bits per heavy atom. The van der Waals surface area contributed by atoms with Gasteiger partial charge in [0.15, 0.2) is 13.8 Å². The van der Waals surface area contributed by atoms with Gasteiger partial charge in [0.05, 0.1) is 11.9 Å². The number of aromatic nitrogens is 2. The molecule has 0 radical (unpaired) electrons. The Morgan fingerprint density at radius 3 is 2.67 bits per heavy atom. The zero-order valence-electron chi connectivity index (χ0n) is 9.60. The van der Waals surface area contributed by atoms with Crippen molar-refractivity contribution in [2.45, 2.75) is 24.5 Å². The molecule has 0 unspecified atom stereocenters. The van der Waals surface area contributed by atoms with Gasteiger partial charge in [-0.3, -0.25) is 4.72 Å². The molecule has 0 saturated carbocycles. The van der Waals surface area contributed by atoms with Crippen molar-refractivity contribution in [3.8, 4) is 0 Å². The van der Waals surface area contributed by atoms with Gasteiger partial charge < -0.3 is 0 Å². The van der Waals surface area contributed by atoms with Crippen molar-refractivity contribution in [3.63, 3.8) is 0 Å². The van der Waals surface area contributed by atoms with Gasteiger partial charge in [0.25, 0.3) is 10.0 Å². The molecule has 1 N–H and O–H groups in total. The zero-order valence-corrected chi connectivity index (χ0v) is 12.8. The van der Waals surface area contributed by atoms with E-state index in [2.05, 4.69) is 14.7 Å². The minimum Gasteiger partial charge on any atom is -0.254 e. The van der Waals surface area contributed by atoms with E-state index in [9.17, 15) is 8.42 Å². The number of sulfonamides is 1. The molecule has 0 aliphatic carbocycles. The van der Waals surface area contributed by atoms with Crippen molar-refractivity contribution in [2.24, 2.45) is 0 Å². The predicted octanol–water partition coefficient (Wildman–Crippen LogP) is 2.92. The summed E-state index contributed by atoms with van der Waals surface area (Å²) >= 11 is 7.85. The van der Waals surface area contributed by atoms with Crippen LogP contribution in [0.2, 0.25) is 4.47 Å². The van der Waals surface area contributed by atoms with Crippen LogP contribution in [0.15, 0.2) is 10.4 Å². The molecular weight excluding hydrogens is 314 g/mol. The molecule has 5 nitrogen and oxygen atoms in total. The van der Waals surface area contributed by atoms with Crippen LogP contribution >= 0.6 is 34.3 Å². The first kappa shape index (κ1) is 13.7. The van der Waals surface area contributed by atoms with E-state index in [4.69, 9.17) is 11.6 Å². The van der Waals surface area contributed by atoms with Gasteiger partial charge in [-0.15, -0.1) is 11.3 Å². The number of aryl methyl sites for hydroxylation is 2. The van der Waals surface area contributed by atoms with E-state index >= 15 is 0 Å². The summed E-state index contributed by atoms with van der Waals surface area (Å²) in [5.41, 5.74) is 0.903. The number of thiazole rings is 2. The van der Waals surface area contributed by atoms with Crippen molar-refractivity contribution >= 4 is 49.4 Å². The summed E-state index contributed by atoms with van der Waals surface area (Å²) in [7, 11) is -3.63. The average Bonchev–Trinajstić information content (AvgIpc) is 2.84. The minimum atomic E-state index is -3.63. The first-order chi connectivity index (χ1) is 8.42. The molecular formula is C9H10ClN3O2S3. The van der Waals surface area contributed by atoms with E-state index in [1.165, 1.54) is 17.5 Å². The van der Waals surface area contributed by atoms with Crippen LogP contribution in [0, 0.1) is 6.92 Å². The molecule has 9 heteroatoms. The highest BCUT2D eigenvalue weighted by molar-refractivity contribution is 7.94. The van der Waals surface area contributed by atoms with Crippen LogP contribution in [-0.2, 0) is 16.4 Å². The van der Waals surface area contributed by atoms with Crippen molar-refractivity contribution in [1.82, 2.24) is 9.97 Å². The second-order valence-corrected chi connectivity index (χ2v) is 8.14. The number of nitrogens with zero attached hydrogens (tertiary/aromatic N) is 2. The molecule has 0 aromatic carbocycles. The number of anilines is 1. The fraction of sp³-hybridized carbons (Fsp3) is 0.333. The van der Waals surface area contributed by atoms with Crippen molar-refractivity contribution in [1.29, 1.82) is 0 Å². The standard InChI is InChI=1S/C9H10ClN3O2S3/c1-3-6-5(2)16-9(12-6)13-18(14,15)7-4-11-8(10)17-7/h4H,3H2,1-2H3,(H,12,13). The van der Waals surface area contributed by atoms with Crippen LogP contribution in [0.4, 0.5) is 5.13 Å². The Morgan fingerprint density at radius 1 is 1.44 bits per heavy atom. The largest absolute Gasteiger partial charge is 0.274 e. The molecule has 0 amide bonds. The predicted molar refractivity (Wildman–Crippen MR) is 74.2 cm³/mol. The Balaban J connectivity index is 2.27. The van der Waals surface area contributed by atoms with Gasteiger partial charge in [-0.05, 0) is 13.3 Å². The van der Waals surface area contributed by atoms with Crippen LogP contribution < -0.4 is 4.72 Å². The van der Waals surface area contributed by atoms with Gasteiger partial charge in [0.2, 0.25) is 0 Å². The number of hydrogen-bond donors (Lipinski definition) is 1. The molecule has 2 aromatic rings. The topological polar surface area (TPSA) is 72.0 Å². The summed E-state index contributed by atoms with van der Waals surface area (Å²) in [5, 5.41) is 0.369. The summed E-state index contributed by atoms with van der Waals surface area (Å²) in [4.78, 5) is 8.95. The molecule has 2 aromatic heterocycles. The average molecular weight is 324 g/mol. The van der Waals surface area contributed by atoms with Gasteiger partial charge in [-0.2, -0.15) is 0 Å². The minimum absolute atomic E-state index is 0.0819. The molecule has 2 rings (SSSR count). The van der Waals surface area contributed by atoms with E-state index in [1.54, 1.807) is 0 Å². The lowest BCUT2D eigenvalue weighted by molar-refractivity contribution is 0.603. The first-order valence-corrected chi connectivity index (χ1v) is 8.52. The lowest BCUT2D eigenvalue weighted by Crippen LogP contribution is -2.11. The van der Waals surface area contributed by atoms with Gasteiger partial charge in [-0.25, -0.2) is 18.4 Å². The molecule has 0 aliphatic rings. The molecule has 0 aliphatic heterocycles.